The molecule has 1 aromatic carbocycles. The predicted molar refractivity (Wildman–Crippen MR) is 82.6 cm³/mol. The first-order valence-corrected chi connectivity index (χ1v) is 7.70. The fourth-order valence-electron chi connectivity index (χ4n) is 3.57. The molecule has 0 aliphatic heterocycles. The molecule has 21 heavy (non-hydrogen) atoms. The van der Waals surface area contributed by atoms with Gasteiger partial charge in [-0.1, -0.05) is 24.4 Å². The predicted octanol–water partition coefficient (Wildman–Crippen LogP) is 3.80. The molecule has 0 spiro atoms. The van der Waals surface area contributed by atoms with Crippen molar-refractivity contribution in [3.63, 3.8) is 0 Å². The number of aliphatic carboxylic acids is 1. The van der Waals surface area contributed by atoms with Crippen LogP contribution in [0.5, 0.6) is 0 Å². The number of aromatic nitrogens is 2. The van der Waals surface area contributed by atoms with Gasteiger partial charge >= 0.3 is 5.97 Å². The number of hydrogen-bond donors (Lipinski definition) is 1. The van der Waals surface area contributed by atoms with Crippen molar-refractivity contribution >= 4 is 28.6 Å². The van der Waals surface area contributed by atoms with Crippen LogP contribution >= 0.6 is 11.6 Å². The second-order valence-corrected chi connectivity index (χ2v) is 6.61. The largest absolute Gasteiger partial charge is 0.481 e. The summed E-state index contributed by atoms with van der Waals surface area (Å²) in [6.07, 6.45) is 5.14. The minimum Gasteiger partial charge on any atom is -0.481 e. The van der Waals surface area contributed by atoms with E-state index in [9.17, 15) is 9.90 Å². The minimum absolute atomic E-state index is 0.134. The molecule has 1 aliphatic carbocycles. The maximum Gasteiger partial charge on any atom is 0.303 e. The van der Waals surface area contributed by atoms with Crippen molar-refractivity contribution in [2.75, 3.05) is 0 Å². The van der Waals surface area contributed by atoms with Crippen molar-refractivity contribution in [2.24, 2.45) is 12.5 Å². The summed E-state index contributed by atoms with van der Waals surface area (Å²) in [4.78, 5) is 15.9. The zero-order valence-corrected chi connectivity index (χ0v) is 12.9. The Kier molecular flexibility index (Phi) is 3.66. The van der Waals surface area contributed by atoms with Crippen LogP contribution in [0.1, 0.15) is 37.9 Å². The molecule has 0 unspecified atom stereocenters. The van der Waals surface area contributed by atoms with Gasteiger partial charge in [-0.15, -0.1) is 0 Å². The van der Waals surface area contributed by atoms with E-state index in [4.69, 9.17) is 11.6 Å². The Morgan fingerprint density at radius 2 is 2.14 bits per heavy atom. The number of benzene rings is 1. The van der Waals surface area contributed by atoms with Gasteiger partial charge in [-0.25, -0.2) is 4.98 Å². The third kappa shape index (κ3) is 2.77. The number of aryl methyl sites for hydroxylation is 1. The van der Waals surface area contributed by atoms with E-state index >= 15 is 0 Å². The molecule has 1 fully saturated rings. The first-order chi connectivity index (χ1) is 9.99. The second kappa shape index (κ2) is 5.34. The standard InChI is InChI=1S/C16H19ClN2O2/c1-19-13-8-11(17)4-5-12(13)18-14(19)9-16(10-15(20)21)6-2-3-7-16/h4-5,8H,2-3,6-7,9-10H2,1H3,(H,20,21). The van der Waals surface area contributed by atoms with Gasteiger partial charge in [0.05, 0.1) is 17.5 Å². The van der Waals surface area contributed by atoms with E-state index in [0.29, 0.717) is 5.02 Å². The summed E-state index contributed by atoms with van der Waals surface area (Å²) in [6, 6.07) is 5.66. The molecule has 0 atom stereocenters. The Hall–Kier alpha value is -1.55. The Labute approximate surface area is 128 Å². The zero-order valence-electron chi connectivity index (χ0n) is 12.1. The van der Waals surface area contributed by atoms with Gasteiger partial charge in [-0.3, -0.25) is 4.79 Å². The topological polar surface area (TPSA) is 55.1 Å². The molecule has 1 aromatic heterocycles. The van der Waals surface area contributed by atoms with Gasteiger partial charge in [0.2, 0.25) is 0 Å². The van der Waals surface area contributed by atoms with Crippen molar-refractivity contribution in [3.8, 4) is 0 Å². The summed E-state index contributed by atoms with van der Waals surface area (Å²) in [5.74, 6) is 0.245. The number of carboxylic acid groups (broad SMARTS) is 1. The molecule has 0 bridgehead atoms. The van der Waals surface area contributed by atoms with E-state index in [1.165, 1.54) is 0 Å². The molecule has 0 amide bonds. The molecular formula is C16H19ClN2O2. The second-order valence-electron chi connectivity index (χ2n) is 6.17. The highest BCUT2D eigenvalue weighted by Crippen LogP contribution is 2.44. The van der Waals surface area contributed by atoms with E-state index < -0.39 is 5.97 Å². The van der Waals surface area contributed by atoms with Crippen LogP contribution in [-0.2, 0) is 18.3 Å². The molecule has 1 heterocycles. The lowest BCUT2D eigenvalue weighted by atomic mass is 9.79. The average molecular weight is 307 g/mol. The molecule has 3 rings (SSSR count). The van der Waals surface area contributed by atoms with Gasteiger partial charge in [0, 0.05) is 18.5 Å². The summed E-state index contributed by atoms with van der Waals surface area (Å²) in [7, 11) is 1.98. The third-order valence-electron chi connectivity index (χ3n) is 4.66. The summed E-state index contributed by atoms with van der Waals surface area (Å²) in [6.45, 7) is 0. The summed E-state index contributed by atoms with van der Waals surface area (Å²) in [5.41, 5.74) is 1.78. The summed E-state index contributed by atoms with van der Waals surface area (Å²) >= 11 is 6.05. The van der Waals surface area contributed by atoms with Crippen LogP contribution < -0.4 is 0 Å². The molecule has 0 saturated heterocycles. The van der Waals surface area contributed by atoms with E-state index in [1.54, 1.807) is 0 Å². The lowest BCUT2D eigenvalue weighted by molar-refractivity contribution is -0.139. The number of carbonyl (C=O) groups is 1. The molecule has 112 valence electrons. The van der Waals surface area contributed by atoms with Crippen molar-refractivity contribution in [2.45, 2.75) is 38.5 Å². The van der Waals surface area contributed by atoms with E-state index in [0.717, 1.165) is 49.0 Å². The Balaban J connectivity index is 1.96. The van der Waals surface area contributed by atoms with Crippen LogP contribution in [0, 0.1) is 5.41 Å². The number of imidazole rings is 1. The molecule has 1 aliphatic rings. The first kappa shape index (κ1) is 14.4. The van der Waals surface area contributed by atoms with Crippen LogP contribution in [0.2, 0.25) is 5.02 Å². The van der Waals surface area contributed by atoms with Crippen LogP contribution in [0.25, 0.3) is 11.0 Å². The Bertz CT molecular complexity index is 687. The van der Waals surface area contributed by atoms with E-state index in [-0.39, 0.29) is 11.8 Å². The summed E-state index contributed by atoms with van der Waals surface area (Å²) in [5, 5.41) is 9.91. The highest BCUT2D eigenvalue weighted by molar-refractivity contribution is 6.31. The van der Waals surface area contributed by atoms with Crippen molar-refractivity contribution in [1.29, 1.82) is 0 Å². The fourth-order valence-corrected chi connectivity index (χ4v) is 3.73. The van der Waals surface area contributed by atoms with Crippen molar-refractivity contribution in [3.05, 3.63) is 29.0 Å². The number of fused-ring (bicyclic) bond motifs is 1. The lowest BCUT2D eigenvalue weighted by Crippen LogP contribution is -2.25. The highest BCUT2D eigenvalue weighted by atomic mass is 35.5. The molecule has 4 nitrogen and oxygen atoms in total. The van der Waals surface area contributed by atoms with Crippen LogP contribution in [0.15, 0.2) is 18.2 Å². The number of carboxylic acids is 1. The van der Waals surface area contributed by atoms with Crippen LogP contribution in [0.4, 0.5) is 0 Å². The van der Waals surface area contributed by atoms with Gasteiger partial charge in [-0.05, 0) is 36.5 Å². The smallest absolute Gasteiger partial charge is 0.303 e. The van der Waals surface area contributed by atoms with Gasteiger partial charge in [0.1, 0.15) is 5.82 Å². The quantitative estimate of drug-likeness (QED) is 0.934. The fraction of sp³-hybridized carbons (Fsp3) is 0.500. The number of hydrogen-bond acceptors (Lipinski definition) is 2. The van der Waals surface area contributed by atoms with Crippen molar-refractivity contribution < 1.29 is 9.90 Å². The summed E-state index contributed by atoms with van der Waals surface area (Å²) < 4.78 is 2.04. The molecule has 1 N–H and O–H groups in total. The van der Waals surface area contributed by atoms with Crippen molar-refractivity contribution in [1.82, 2.24) is 9.55 Å². The molecule has 2 aromatic rings. The SMILES string of the molecule is Cn1c(CC2(CC(=O)O)CCCC2)nc2ccc(Cl)cc21. The first-order valence-electron chi connectivity index (χ1n) is 7.32. The third-order valence-corrected chi connectivity index (χ3v) is 4.89. The van der Waals surface area contributed by atoms with E-state index in [1.807, 2.05) is 29.8 Å². The highest BCUT2D eigenvalue weighted by Gasteiger charge is 2.37. The van der Waals surface area contributed by atoms with E-state index in [2.05, 4.69) is 4.98 Å². The number of nitrogens with zero attached hydrogens (tertiary/aromatic N) is 2. The Morgan fingerprint density at radius 1 is 1.43 bits per heavy atom. The maximum absolute atomic E-state index is 11.2. The Morgan fingerprint density at radius 3 is 2.81 bits per heavy atom. The van der Waals surface area contributed by atoms with Crippen LogP contribution in [0.3, 0.4) is 0 Å². The lowest BCUT2D eigenvalue weighted by Gasteiger charge is -2.26. The normalized spacial score (nSPS) is 17.4. The molecule has 0 radical (unpaired) electrons. The molecule has 5 heteroatoms. The average Bonchev–Trinajstić information content (AvgIpc) is 2.97. The van der Waals surface area contributed by atoms with Gasteiger partial charge in [0.15, 0.2) is 0 Å². The zero-order chi connectivity index (χ0) is 15.0. The molecule has 1 saturated carbocycles. The maximum atomic E-state index is 11.2. The monoisotopic (exact) mass is 306 g/mol. The van der Waals surface area contributed by atoms with Gasteiger partial charge < -0.3 is 9.67 Å². The van der Waals surface area contributed by atoms with Gasteiger partial charge in [0.25, 0.3) is 0 Å². The number of rotatable bonds is 4. The molecular weight excluding hydrogens is 288 g/mol. The minimum atomic E-state index is -0.710. The van der Waals surface area contributed by atoms with Gasteiger partial charge in [-0.2, -0.15) is 0 Å². The number of halogens is 1. The van der Waals surface area contributed by atoms with Crippen LogP contribution in [-0.4, -0.2) is 20.6 Å².